The highest BCUT2D eigenvalue weighted by Crippen LogP contribution is 2.43. The van der Waals surface area contributed by atoms with Crippen LogP contribution in [-0.4, -0.2) is 6.21 Å². The molecule has 0 unspecified atom stereocenters. The van der Waals surface area contributed by atoms with Crippen LogP contribution in [-0.2, 0) is 6.61 Å². The van der Waals surface area contributed by atoms with Crippen molar-refractivity contribution in [3.8, 4) is 34.7 Å². The van der Waals surface area contributed by atoms with E-state index in [2.05, 4.69) is 58.9 Å². The van der Waals surface area contributed by atoms with E-state index in [0.717, 1.165) is 24.5 Å². The van der Waals surface area contributed by atoms with Gasteiger partial charge in [0.25, 0.3) is 0 Å². The summed E-state index contributed by atoms with van der Waals surface area (Å²) in [7, 11) is 0. The average Bonchev–Trinajstić information content (AvgIpc) is 3.64. The summed E-state index contributed by atoms with van der Waals surface area (Å²) in [6, 6.07) is 20.9. The monoisotopic (exact) mass is 668 g/mol. The van der Waals surface area contributed by atoms with Gasteiger partial charge in [0.15, 0.2) is 11.5 Å². The molecule has 0 N–H and O–H groups in total. The Bertz CT molecular complexity index is 1540. The molecule has 178 valence electrons. The molecule has 3 heterocycles. The number of benzene rings is 2. The summed E-state index contributed by atoms with van der Waals surface area (Å²) in [5.41, 5.74) is 2.55. The average molecular weight is 671 g/mol. The van der Waals surface area contributed by atoms with Crippen LogP contribution in [0.15, 0.2) is 105 Å². The largest absolute Gasteiger partial charge is 0.487 e. The Kier molecular flexibility index (Phi) is 7.28. The van der Waals surface area contributed by atoms with E-state index in [1.165, 1.54) is 12.5 Å². The summed E-state index contributed by atoms with van der Waals surface area (Å²) in [6.07, 6.45) is 4.69. The number of nitrogens with zero attached hydrogens (tertiary/aromatic N) is 2. The molecule has 5 aromatic rings. The maximum Gasteiger partial charge on any atom is 0.238 e. The summed E-state index contributed by atoms with van der Waals surface area (Å²) >= 11 is 10.6. The van der Waals surface area contributed by atoms with Gasteiger partial charge in [0.1, 0.15) is 29.7 Å². The van der Waals surface area contributed by atoms with Gasteiger partial charge in [-0.3, -0.25) is 0 Å². The molecule has 0 aliphatic carbocycles. The normalized spacial score (nSPS) is 11.2. The maximum absolute atomic E-state index is 9.91. The summed E-state index contributed by atoms with van der Waals surface area (Å²) in [5, 5.41) is 9.91. The van der Waals surface area contributed by atoms with Gasteiger partial charge in [0.05, 0.1) is 27.0 Å². The third kappa shape index (κ3) is 5.12. The molecule has 9 heteroatoms. The molecule has 36 heavy (non-hydrogen) atoms. The van der Waals surface area contributed by atoms with Crippen molar-refractivity contribution in [2.75, 3.05) is 0 Å². The molecular formula is C27H15Br3N2O4. The first kappa shape index (κ1) is 24.4. The lowest BCUT2D eigenvalue weighted by Gasteiger charge is -2.11. The molecule has 0 aliphatic rings. The van der Waals surface area contributed by atoms with Crippen LogP contribution >= 0.6 is 47.8 Å². The van der Waals surface area contributed by atoms with Gasteiger partial charge in [-0.1, -0.05) is 28.1 Å². The first-order valence-corrected chi connectivity index (χ1v) is 13.0. The van der Waals surface area contributed by atoms with E-state index >= 15 is 0 Å². The third-order valence-electron chi connectivity index (χ3n) is 5.16. The Morgan fingerprint density at radius 1 is 0.917 bits per heavy atom. The minimum Gasteiger partial charge on any atom is -0.487 e. The van der Waals surface area contributed by atoms with Crippen molar-refractivity contribution in [1.82, 2.24) is 0 Å². The highest BCUT2D eigenvalue weighted by molar-refractivity contribution is 9.11. The Morgan fingerprint density at radius 3 is 2.19 bits per heavy atom. The molecule has 0 bridgehead atoms. The van der Waals surface area contributed by atoms with Crippen LogP contribution in [0.25, 0.3) is 22.8 Å². The minimum atomic E-state index is 0.151. The van der Waals surface area contributed by atoms with E-state index in [1.807, 2.05) is 36.4 Å². The quantitative estimate of drug-likeness (QED) is 0.161. The molecule has 0 radical (unpaired) electrons. The second-order valence-corrected chi connectivity index (χ2v) is 10.2. The van der Waals surface area contributed by atoms with E-state index in [4.69, 9.17) is 18.0 Å². The molecule has 2 aromatic carbocycles. The second-order valence-electron chi connectivity index (χ2n) is 7.54. The van der Waals surface area contributed by atoms with Gasteiger partial charge in [-0.05, 0) is 91.5 Å². The van der Waals surface area contributed by atoms with Crippen LogP contribution in [0.5, 0.6) is 5.75 Å². The van der Waals surface area contributed by atoms with Crippen LogP contribution < -0.4 is 4.74 Å². The number of nitriles is 1. The predicted molar refractivity (Wildman–Crippen MR) is 146 cm³/mol. The number of hydrogen-bond acceptors (Lipinski definition) is 6. The fraction of sp³-hybridized carbons (Fsp3) is 0.0370. The van der Waals surface area contributed by atoms with Gasteiger partial charge in [-0.15, -0.1) is 0 Å². The lowest BCUT2D eigenvalue weighted by atomic mass is 10.1. The number of rotatable bonds is 7. The van der Waals surface area contributed by atoms with Crippen molar-refractivity contribution in [3.05, 3.63) is 103 Å². The molecule has 0 amide bonds. The van der Waals surface area contributed by atoms with Crippen molar-refractivity contribution in [2.24, 2.45) is 4.99 Å². The van der Waals surface area contributed by atoms with Crippen molar-refractivity contribution in [3.63, 3.8) is 0 Å². The topological polar surface area (TPSA) is 84.8 Å². The van der Waals surface area contributed by atoms with Crippen LogP contribution in [0, 0.1) is 11.3 Å². The standard InChI is InChI=1S/C27H15Br3N2O4/c28-18-7-5-16(6-8-18)15-35-25-20(29)11-17(12-21(25)30)14-32-27-19(13-31)24(22-3-1-9-33-22)26(36-27)23-4-2-10-34-23/h1-12,14H,15H2. The zero-order valence-corrected chi connectivity index (χ0v) is 23.1. The van der Waals surface area contributed by atoms with E-state index in [-0.39, 0.29) is 11.4 Å². The predicted octanol–water partition coefficient (Wildman–Crippen LogP) is 9.29. The third-order valence-corrected chi connectivity index (χ3v) is 6.87. The first-order valence-electron chi connectivity index (χ1n) is 10.6. The molecule has 0 aliphatic heterocycles. The van der Waals surface area contributed by atoms with Gasteiger partial charge in [0.2, 0.25) is 5.88 Å². The van der Waals surface area contributed by atoms with Gasteiger partial charge in [-0.2, -0.15) is 5.26 Å². The first-order chi connectivity index (χ1) is 17.5. The smallest absolute Gasteiger partial charge is 0.238 e. The van der Waals surface area contributed by atoms with Crippen molar-refractivity contribution in [1.29, 1.82) is 5.26 Å². The van der Waals surface area contributed by atoms with Gasteiger partial charge in [0, 0.05) is 10.7 Å². The Labute approximate surface area is 231 Å². The Hall–Kier alpha value is -3.32. The SMILES string of the molecule is N#Cc1c(N=Cc2cc(Br)c(OCc3ccc(Br)cc3)c(Br)c2)oc(-c2ccco2)c1-c1ccco1. The number of hydrogen-bond donors (Lipinski definition) is 0. The number of furan rings is 3. The molecule has 3 aromatic heterocycles. The summed E-state index contributed by atoms with van der Waals surface area (Å²) in [4.78, 5) is 4.48. The van der Waals surface area contributed by atoms with Crippen LogP contribution in [0.3, 0.4) is 0 Å². The second kappa shape index (κ2) is 10.7. The number of ether oxygens (including phenoxy) is 1. The fourth-order valence-electron chi connectivity index (χ4n) is 3.51. The zero-order chi connectivity index (χ0) is 25.1. The molecule has 6 nitrogen and oxygen atoms in total. The highest BCUT2D eigenvalue weighted by atomic mass is 79.9. The lowest BCUT2D eigenvalue weighted by molar-refractivity contribution is 0.302. The Balaban J connectivity index is 1.44. The molecule has 0 atom stereocenters. The van der Waals surface area contributed by atoms with Crippen molar-refractivity contribution in [2.45, 2.75) is 6.61 Å². The summed E-state index contributed by atoms with van der Waals surface area (Å²) < 4.78 is 25.6. The van der Waals surface area contributed by atoms with Crippen molar-refractivity contribution < 1.29 is 18.0 Å². The highest BCUT2D eigenvalue weighted by Gasteiger charge is 2.26. The van der Waals surface area contributed by atoms with E-state index in [0.29, 0.717) is 35.2 Å². The zero-order valence-electron chi connectivity index (χ0n) is 18.4. The minimum absolute atomic E-state index is 0.151. The van der Waals surface area contributed by atoms with Crippen molar-refractivity contribution >= 4 is 59.9 Å². The van der Waals surface area contributed by atoms with Crippen LogP contribution in [0.4, 0.5) is 5.88 Å². The van der Waals surface area contributed by atoms with E-state index in [1.54, 1.807) is 30.5 Å². The molecule has 0 saturated heterocycles. The molecule has 0 saturated carbocycles. The summed E-state index contributed by atoms with van der Waals surface area (Å²) in [6.45, 7) is 0.418. The molecule has 0 fully saturated rings. The molecule has 5 rings (SSSR count). The van der Waals surface area contributed by atoms with Crippen LogP contribution in [0.1, 0.15) is 16.7 Å². The van der Waals surface area contributed by atoms with Gasteiger partial charge in [-0.25, -0.2) is 4.99 Å². The summed E-state index contributed by atoms with van der Waals surface area (Å²) in [5.74, 6) is 2.15. The van der Waals surface area contributed by atoms with Gasteiger partial charge >= 0.3 is 0 Å². The van der Waals surface area contributed by atoms with Crippen LogP contribution in [0.2, 0.25) is 0 Å². The van der Waals surface area contributed by atoms with E-state index < -0.39 is 0 Å². The van der Waals surface area contributed by atoms with Gasteiger partial charge < -0.3 is 18.0 Å². The van der Waals surface area contributed by atoms with E-state index in [9.17, 15) is 5.26 Å². The fourth-order valence-corrected chi connectivity index (χ4v) is 5.23. The number of aliphatic imine (C=N–C) groups is 1. The molecule has 0 spiro atoms. The Morgan fingerprint density at radius 2 is 1.58 bits per heavy atom. The number of halogens is 3. The molecular weight excluding hydrogens is 656 g/mol. The lowest BCUT2D eigenvalue weighted by Crippen LogP contribution is -1.97. The maximum atomic E-state index is 9.91.